The van der Waals surface area contributed by atoms with Gasteiger partial charge < -0.3 is 4.90 Å². The van der Waals surface area contributed by atoms with Gasteiger partial charge in [-0.3, -0.25) is 0 Å². The maximum absolute atomic E-state index is 13.8. The van der Waals surface area contributed by atoms with Crippen molar-refractivity contribution in [1.29, 1.82) is 5.26 Å². The third kappa shape index (κ3) is 2.62. The summed E-state index contributed by atoms with van der Waals surface area (Å²) in [6, 6.07) is 12.2. The molecule has 2 aromatic rings. The molecule has 1 unspecified atom stereocenters. The lowest BCUT2D eigenvalue weighted by Gasteiger charge is -2.28. The SMILES string of the molecule is CC(c1ccccc1F)N(C)c1ccc(F)cc1C#N. The first-order valence-corrected chi connectivity index (χ1v) is 6.21. The van der Waals surface area contributed by atoms with Crippen LogP contribution in [0.15, 0.2) is 42.5 Å². The third-order valence-corrected chi connectivity index (χ3v) is 3.40. The van der Waals surface area contributed by atoms with E-state index >= 15 is 0 Å². The highest BCUT2D eigenvalue weighted by atomic mass is 19.1. The van der Waals surface area contributed by atoms with Crippen molar-refractivity contribution >= 4 is 5.69 Å². The van der Waals surface area contributed by atoms with E-state index in [1.165, 1.54) is 24.3 Å². The van der Waals surface area contributed by atoms with E-state index < -0.39 is 5.82 Å². The molecule has 20 heavy (non-hydrogen) atoms. The molecule has 102 valence electrons. The predicted octanol–water partition coefficient (Wildman–Crippen LogP) is 4.03. The van der Waals surface area contributed by atoms with E-state index in [1.54, 1.807) is 30.1 Å². The highest BCUT2D eigenvalue weighted by Gasteiger charge is 2.18. The molecular weight excluding hydrogens is 258 g/mol. The van der Waals surface area contributed by atoms with E-state index in [-0.39, 0.29) is 17.4 Å². The molecule has 0 aliphatic rings. The summed E-state index contributed by atoms with van der Waals surface area (Å²) >= 11 is 0. The van der Waals surface area contributed by atoms with E-state index in [9.17, 15) is 8.78 Å². The molecule has 0 saturated carbocycles. The maximum atomic E-state index is 13.8. The van der Waals surface area contributed by atoms with E-state index in [0.717, 1.165) is 0 Å². The van der Waals surface area contributed by atoms with Crippen molar-refractivity contribution in [3.63, 3.8) is 0 Å². The summed E-state index contributed by atoms with van der Waals surface area (Å²) in [6.07, 6.45) is 0. The van der Waals surface area contributed by atoms with E-state index in [4.69, 9.17) is 5.26 Å². The molecule has 0 amide bonds. The number of anilines is 1. The summed E-state index contributed by atoms with van der Waals surface area (Å²) in [7, 11) is 1.76. The third-order valence-electron chi connectivity index (χ3n) is 3.40. The summed E-state index contributed by atoms with van der Waals surface area (Å²) in [5, 5.41) is 9.08. The van der Waals surface area contributed by atoms with Crippen LogP contribution in [0.25, 0.3) is 0 Å². The van der Waals surface area contributed by atoms with Gasteiger partial charge in [0.1, 0.15) is 17.7 Å². The molecule has 0 saturated heterocycles. The highest BCUT2D eigenvalue weighted by molar-refractivity contribution is 5.60. The average Bonchev–Trinajstić information content (AvgIpc) is 2.46. The minimum absolute atomic E-state index is 0.232. The van der Waals surface area contributed by atoms with Gasteiger partial charge in [0, 0.05) is 12.6 Å². The van der Waals surface area contributed by atoms with Gasteiger partial charge in [-0.15, -0.1) is 0 Å². The average molecular weight is 272 g/mol. The van der Waals surface area contributed by atoms with Crippen LogP contribution in [0, 0.1) is 23.0 Å². The van der Waals surface area contributed by atoms with Gasteiger partial charge in [-0.05, 0) is 31.2 Å². The Balaban J connectivity index is 2.39. The van der Waals surface area contributed by atoms with Crippen LogP contribution in [-0.4, -0.2) is 7.05 Å². The number of halogens is 2. The minimum Gasteiger partial charge on any atom is -0.367 e. The van der Waals surface area contributed by atoms with Gasteiger partial charge in [-0.1, -0.05) is 18.2 Å². The topological polar surface area (TPSA) is 27.0 Å². The monoisotopic (exact) mass is 272 g/mol. The molecule has 0 heterocycles. The predicted molar refractivity (Wildman–Crippen MR) is 74.3 cm³/mol. The lowest BCUT2D eigenvalue weighted by molar-refractivity contribution is 0.585. The van der Waals surface area contributed by atoms with Crippen molar-refractivity contribution in [3.05, 3.63) is 65.2 Å². The number of benzene rings is 2. The fourth-order valence-electron chi connectivity index (χ4n) is 2.14. The maximum Gasteiger partial charge on any atom is 0.128 e. The van der Waals surface area contributed by atoms with Crippen molar-refractivity contribution in [1.82, 2.24) is 0 Å². The second-order valence-electron chi connectivity index (χ2n) is 4.58. The second-order valence-corrected chi connectivity index (χ2v) is 4.58. The van der Waals surface area contributed by atoms with Crippen molar-refractivity contribution in [2.75, 3.05) is 11.9 Å². The fourth-order valence-corrected chi connectivity index (χ4v) is 2.14. The molecule has 0 radical (unpaired) electrons. The fraction of sp³-hybridized carbons (Fsp3) is 0.188. The smallest absolute Gasteiger partial charge is 0.128 e. The van der Waals surface area contributed by atoms with Gasteiger partial charge in [0.25, 0.3) is 0 Å². The molecule has 2 nitrogen and oxygen atoms in total. The zero-order valence-electron chi connectivity index (χ0n) is 11.3. The number of nitrogens with zero attached hydrogens (tertiary/aromatic N) is 2. The van der Waals surface area contributed by atoms with Crippen LogP contribution in [0.5, 0.6) is 0 Å². The Morgan fingerprint density at radius 3 is 2.50 bits per heavy atom. The summed E-state index contributed by atoms with van der Waals surface area (Å²) in [5.41, 5.74) is 1.34. The Labute approximate surface area is 116 Å². The van der Waals surface area contributed by atoms with Crippen molar-refractivity contribution in [3.8, 4) is 6.07 Å². The van der Waals surface area contributed by atoms with E-state index in [2.05, 4.69) is 0 Å². The van der Waals surface area contributed by atoms with E-state index in [1.807, 2.05) is 13.0 Å². The molecule has 0 fully saturated rings. The van der Waals surface area contributed by atoms with Crippen LogP contribution in [0.1, 0.15) is 24.1 Å². The Kier molecular flexibility index (Phi) is 3.99. The standard InChI is InChI=1S/C16H14F2N2/c1-11(14-5-3-4-6-15(14)18)20(2)16-8-7-13(17)9-12(16)10-19/h3-9,11H,1-2H3. The van der Waals surface area contributed by atoms with Crippen LogP contribution < -0.4 is 4.90 Å². The Morgan fingerprint density at radius 1 is 1.15 bits per heavy atom. The lowest BCUT2D eigenvalue weighted by Crippen LogP contribution is -2.23. The van der Waals surface area contributed by atoms with Crippen LogP contribution in [0.4, 0.5) is 14.5 Å². The van der Waals surface area contributed by atoms with Crippen molar-refractivity contribution in [2.45, 2.75) is 13.0 Å². The number of nitriles is 1. The number of hydrogen-bond acceptors (Lipinski definition) is 2. The van der Waals surface area contributed by atoms with E-state index in [0.29, 0.717) is 11.3 Å². The Morgan fingerprint density at radius 2 is 1.85 bits per heavy atom. The van der Waals surface area contributed by atoms with Crippen LogP contribution in [0.2, 0.25) is 0 Å². The number of hydrogen-bond donors (Lipinski definition) is 0. The zero-order chi connectivity index (χ0) is 14.7. The van der Waals surface area contributed by atoms with Crippen LogP contribution in [0.3, 0.4) is 0 Å². The van der Waals surface area contributed by atoms with Crippen LogP contribution in [-0.2, 0) is 0 Å². The molecule has 2 aromatic carbocycles. The first kappa shape index (κ1) is 14.0. The molecule has 2 rings (SSSR count). The first-order chi connectivity index (χ1) is 9.54. The van der Waals surface area contributed by atoms with Gasteiger partial charge in [-0.2, -0.15) is 5.26 Å². The molecule has 4 heteroatoms. The molecule has 0 spiro atoms. The van der Waals surface area contributed by atoms with Crippen molar-refractivity contribution < 1.29 is 8.78 Å². The molecule has 1 atom stereocenters. The summed E-state index contributed by atoms with van der Waals surface area (Å²) in [5.74, 6) is -0.760. The summed E-state index contributed by atoms with van der Waals surface area (Å²) in [4.78, 5) is 1.76. The van der Waals surface area contributed by atoms with Gasteiger partial charge >= 0.3 is 0 Å². The Hall–Kier alpha value is -2.41. The normalized spacial score (nSPS) is 11.8. The Bertz CT molecular complexity index is 662. The number of rotatable bonds is 3. The lowest BCUT2D eigenvalue weighted by atomic mass is 10.0. The van der Waals surface area contributed by atoms with Gasteiger partial charge in [-0.25, -0.2) is 8.78 Å². The van der Waals surface area contributed by atoms with Gasteiger partial charge in [0.15, 0.2) is 0 Å². The summed E-state index contributed by atoms with van der Waals surface area (Å²) in [6.45, 7) is 1.84. The van der Waals surface area contributed by atoms with Gasteiger partial charge in [0.2, 0.25) is 0 Å². The molecular formula is C16H14F2N2. The molecule has 0 bridgehead atoms. The van der Waals surface area contributed by atoms with Gasteiger partial charge in [0.05, 0.1) is 17.3 Å². The molecule has 0 aliphatic heterocycles. The first-order valence-electron chi connectivity index (χ1n) is 6.21. The quantitative estimate of drug-likeness (QED) is 0.843. The summed E-state index contributed by atoms with van der Waals surface area (Å²) < 4.78 is 27.0. The zero-order valence-corrected chi connectivity index (χ0v) is 11.3. The molecule has 0 N–H and O–H groups in total. The van der Waals surface area contributed by atoms with Crippen LogP contribution >= 0.6 is 0 Å². The second kappa shape index (κ2) is 5.70. The molecule has 0 aromatic heterocycles. The highest BCUT2D eigenvalue weighted by Crippen LogP contribution is 2.29. The molecule has 0 aliphatic carbocycles. The largest absolute Gasteiger partial charge is 0.367 e. The van der Waals surface area contributed by atoms with Crippen molar-refractivity contribution in [2.24, 2.45) is 0 Å². The minimum atomic E-state index is -0.461.